The Labute approximate surface area is 111 Å². The van der Waals surface area contributed by atoms with Gasteiger partial charge >= 0.3 is 6.18 Å². The SMILES string of the molecule is Nc1ccc(Cl)c(SCC(=O)NCC(F)(F)F)c1. The van der Waals surface area contributed by atoms with Gasteiger partial charge in [-0.1, -0.05) is 11.6 Å². The lowest BCUT2D eigenvalue weighted by atomic mass is 10.3. The second kappa shape index (κ2) is 6.19. The number of anilines is 1. The first-order valence-corrected chi connectivity index (χ1v) is 6.15. The van der Waals surface area contributed by atoms with Gasteiger partial charge < -0.3 is 11.1 Å². The molecule has 1 aromatic carbocycles. The van der Waals surface area contributed by atoms with Crippen LogP contribution in [0.15, 0.2) is 23.1 Å². The lowest BCUT2D eigenvalue weighted by Crippen LogP contribution is -2.34. The van der Waals surface area contributed by atoms with E-state index in [-0.39, 0.29) is 5.75 Å². The Bertz CT molecular complexity index is 440. The normalized spacial score (nSPS) is 11.3. The molecule has 18 heavy (non-hydrogen) atoms. The number of carbonyl (C=O) groups excluding carboxylic acids is 1. The van der Waals surface area contributed by atoms with E-state index in [9.17, 15) is 18.0 Å². The second-order valence-corrected chi connectivity index (χ2v) is 4.79. The first kappa shape index (κ1) is 15.0. The Balaban J connectivity index is 2.45. The summed E-state index contributed by atoms with van der Waals surface area (Å²) in [5.74, 6) is -0.866. The summed E-state index contributed by atoms with van der Waals surface area (Å²) < 4.78 is 35.5. The van der Waals surface area contributed by atoms with Gasteiger partial charge in [0.2, 0.25) is 5.91 Å². The molecule has 0 fully saturated rings. The van der Waals surface area contributed by atoms with Crippen LogP contribution >= 0.6 is 23.4 Å². The summed E-state index contributed by atoms with van der Waals surface area (Å²) in [6.07, 6.45) is -4.41. The van der Waals surface area contributed by atoms with Crippen LogP contribution in [-0.4, -0.2) is 24.4 Å². The van der Waals surface area contributed by atoms with Gasteiger partial charge in [0, 0.05) is 10.6 Å². The fourth-order valence-electron chi connectivity index (χ4n) is 1.02. The summed E-state index contributed by atoms with van der Waals surface area (Å²) in [7, 11) is 0. The molecule has 0 atom stereocenters. The number of thioether (sulfide) groups is 1. The zero-order chi connectivity index (χ0) is 13.8. The van der Waals surface area contributed by atoms with E-state index < -0.39 is 18.6 Å². The summed E-state index contributed by atoms with van der Waals surface area (Å²) >= 11 is 6.87. The summed E-state index contributed by atoms with van der Waals surface area (Å²) in [4.78, 5) is 11.7. The van der Waals surface area contributed by atoms with E-state index in [4.69, 9.17) is 17.3 Å². The third-order valence-corrected chi connectivity index (χ3v) is 3.30. The molecule has 0 unspecified atom stereocenters. The Morgan fingerprint density at radius 2 is 2.11 bits per heavy atom. The monoisotopic (exact) mass is 298 g/mol. The standard InChI is InChI=1S/C10H10ClF3N2OS/c11-7-2-1-6(15)3-8(7)18-4-9(17)16-5-10(12,13)14/h1-3H,4-5,15H2,(H,16,17). The molecule has 1 rings (SSSR count). The van der Waals surface area contributed by atoms with E-state index in [1.165, 1.54) is 0 Å². The molecule has 1 amide bonds. The van der Waals surface area contributed by atoms with Crippen molar-refractivity contribution in [3.05, 3.63) is 23.2 Å². The number of nitrogens with two attached hydrogens (primary N) is 1. The molecule has 100 valence electrons. The number of benzene rings is 1. The molecule has 0 bridgehead atoms. The van der Waals surface area contributed by atoms with E-state index in [1.807, 2.05) is 0 Å². The van der Waals surface area contributed by atoms with Gasteiger partial charge in [-0.3, -0.25) is 4.79 Å². The van der Waals surface area contributed by atoms with Crippen LogP contribution in [0.3, 0.4) is 0 Å². The van der Waals surface area contributed by atoms with Gasteiger partial charge in [-0.2, -0.15) is 13.2 Å². The first-order chi connectivity index (χ1) is 8.28. The van der Waals surface area contributed by atoms with Crippen molar-refractivity contribution in [2.45, 2.75) is 11.1 Å². The molecule has 0 spiro atoms. The molecule has 0 aliphatic carbocycles. The largest absolute Gasteiger partial charge is 0.405 e. The zero-order valence-corrected chi connectivity index (χ0v) is 10.6. The third kappa shape index (κ3) is 5.50. The van der Waals surface area contributed by atoms with Crippen molar-refractivity contribution in [3.63, 3.8) is 0 Å². The molecule has 1 aromatic rings. The average Bonchev–Trinajstić information content (AvgIpc) is 2.26. The van der Waals surface area contributed by atoms with Gasteiger partial charge in [-0.25, -0.2) is 0 Å². The van der Waals surface area contributed by atoms with Crippen molar-refractivity contribution in [1.82, 2.24) is 5.32 Å². The Kier molecular flexibility index (Phi) is 5.15. The quantitative estimate of drug-likeness (QED) is 0.664. The van der Waals surface area contributed by atoms with E-state index in [0.717, 1.165) is 11.8 Å². The highest BCUT2D eigenvalue weighted by atomic mass is 35.5. The van der Waals surface area contributed by atoms with Gasteiger partial charge in [-0.15, -0.1) is 11.8 Å². The van der Waals surface area contributed by atoms with Gasteiger partial charge in [-0.05, 0) is 18.2 Å². The zero-order valence-electron chi connectivity index (χ0n) is 9.05. The van der Waals surface area contributed by atoms with Gasteiger partial charge in [0.25, 0.3) is 0 Å². The Morgan fingerprint density at radius 1 is 1.44 bits per heavy atom. The molecule has 0 aromatic heterocycles. The topological polar surface area (TPSA) is 55.1 Å². The molecule has 3 nitrogen and oxygen atoms in total. The lowest BCUT2D eigenvalue weighted by molar-refractivity contribution is -0.136. The number of hydrogen-bond donors (Lipinski definition) is 2. The van der Waals surface area contributed by atoms with Gasteiger partial charge in [0.05, 0.1) is 10.8 Å². The minimum absolute atomic E-state index is 0.154. The highest BCUT2D eigenvalue weighted by molar-refractivity contribution is 8.00. The average molecular weight is 299 g/mol. The van der Waals surface area contributed by atoms with Crippen LogP contribution in [0.4, 0.5) is 18.9 Å². The van der Waals surface area contributed by atoms with E-state index in [1.54, 1.807) is 23.5 Å². The summed E-state index contributed by atoms with van der Waals surface area (Å²) in [5.41, 5.74) is 6.00. The number of nitrogen functional groups attached to an aromatic ring is 1. The molecule has 0 saturated heterocycles. The number of nitrogens with one attached hydrogen (secondary N) is 1. The molecule has 0 saturated carbocycles. The summed E-state index contributed by atoms with van der Waals surface area (Å²) in [6.45, 7) is -1.34. The van der Waals surface area contributed by atoms with Crippen LogP contribution in [0.5, 0.6) is 0 Å². The molecule has 0 aliphatic rings. The minimum atomic E-state index is -4.41. The second-order valence-electron chi connectivity index (χ2n) is 3.37. The van der Waals surface area contributed by atoms with Crippen LogP contribution in [0, 0.1) is 0 Å². The van der Waals surface area contributed by atoms with Crippen molar-refractivity contribution in [1.29, 1.82) is 0 Å². The maximum atomic E-state index is 11.8. The van der Waals surface area contributed by atoms with Crippen LogP contribution < -0.4 is 11.1 Å². The fraction of sp³-hybridized carbons (Fsp3) is 0.300. The molecule has 3 N–H and O–H groups in total. The molecule has 0 heterocycles. The number of amides is 1. The molecular formula is C10H10ClF3N2OS. The number of rotatable bonds is 4. The highest BCUT2D eigenvalue weighted by Crippen LogP contribution is 2.28. The third-order valence-electron chi connectivity index (χ3n) is 1.80. The maximum Gasteiger partial charge on any atom is 0.405 e. The number of carbonyl (C=O) groups is 1. The van der Waals surface area contributed by atoms with Crippen molar-refractivity contribution in [3.8, 4) is 0 Å². The maximum absolute atomic E-state index is 11.8. The van der Waals surface area contributed by atoms with E-state index in [0.29, 0.717) is 15.6 Å². The lowest BCUT2D eigenvalue weighted by Gasteiger charge is -2.08. The molecule has 8 heteroatoms. The molecular weight excluding hydrogens is 289 g/mol. The molecule has 0 radical (unpaired) electrons. The Morgan fingerprint density at radius 3 is 2.72 bits per heavy atom. The Hall–Kier alpha value is -1.08. The first-order valence-electron chi connectivity index (χ1n) is 4.79. The van der Waals surface area contributed by atoms with Crippen LogP contribution in [0.1, 0.15) is 0 Å². The number of halogens is 4. The number of alkyl halides is 3. The minimum Gasteiger partial charge on any atom is -0.399 e. The van der Waals surface area contributed by atoms with Crippen LogP contribution in [0.2, 0.25) is 5.02 Å². The summed E-state index contributed by atoms with van der Waals surface area (Å²) in [6, 6.07) is 4.72. The van der Waals surface area contributed by atoms with Gasteiger partial charge in [0.15, 0.2) is 0 Å². The predicted octanol–water partition coefficient (Wildman–Crippen LogP) is 2.69. The van der Waals surface area contributed by atoms with Gasteiger partial charge in [0.1, 0.15) is 6.54 Å². The highest BCUT2D eigenvalue weighted by Gasteiger charge is 2.27. The fourth-order valence-corrected chi connectivity index (χ4v) is 2.12. The predicted molar refractivity (Wildman–Crippen MR) is 65.7 cm³/mol. The van der Waals surface area contributed by atoms with Crippen molar-refractivity contribution in [2.24, 2.45) is 0 Å². The van der Waals surface area contributed by atoms with E-state index in [2.05, 4.69) is 0 Å². The van der Waals surface area contributed by atoms with Crippen molar-refractivity contribution < 1.29 is 18.0 Å². The molecule has 0 aliphatic heterocycles. The van der Waals surface area contributed by atoms with Crippen molar-refractivity contribution >= 4 is 35.0 Å². The van der Waals surface area contributed by atoms with Crippen LogP contribution in [0.25, 0.3) is 0 Å². The summed E-state index contributed by atoms with van der Waals surface area (Å²) in [5, 5.41) is 2.17. The van der Waals surface area contributed by atoms with Crippen molar-refractivity contribution in [2.75, 3.05) is 18.0 Å². The van der Waals surface area contributed by atoms with E-state index >= 15 is 0 Å². The smallest absolute Gasteiger partial charge is 0.399 e. The van der Waals surface area contributed by atoms with Crippen LogP contribution in [-0.2, 0) is 4.79 Å². The number of hydrogen-bond acceptors (Lipinski definition) is 3.